The molecule has 13 rings (SSSR count). The Hall–Kier alpha value is -8.73. The smallest absolute Gasteiger partial charge is 0.159 e. The zero-order chi connectivity index (χ0) is 46.2. The lowest BCUT2D eigenvalue weighted by molar-refractivity contribution is 0.632. The summed E-state index contributed by atoms with van der Waals surface area (Å²) in [5, 5.41) is 6.99. The molecule has 0 fully saturated rings. The molecule has 1 aliphatic rings. The number of rotatable bonds is 8. The first-order chi connectivity index (χ1) is 33.9. The third kappa shape index (κ3) is 6.55. The number of hydrogen-bond donors (Lipinski definition) is 0. The fraction of sp³-hybridized carbons (Fsp3) is 0.0462. The number of nitrogens with zero attached hydrogens (tertiary/aromatic N) is 2. The largest absolute Gasteiger partial charge is 0.454 e. The molecule has 328 valence electrons. The van der Waals surface area contributed by atoms with Gasteiger partial charge in [-0.15, -0.1) is 0 Å². The van der Waals surface area contributed by atoms with Crippen LogP contribution in [0.5, 0.6) is 0 Å². The van der Waals surface area contributed by atoms with Crippen LogP contribution < -0.4 is 9.80 Å². The van der Waals surface area contributed by atoms with E-state index in [0.29, 0.717) is 11.3 Å². The Bertz CT molecular complexity index is 3940. The van der Waals surface area contributed by atoms with Crippen molar-refractivity contribution in [2.24, 2.45) is 0 Å². The molecular weight excluding hydrogens is 844 g/mol. The van der Waals surface area contributed by atoms with Crippen LogP contribution in [-0.4, -0.2) is 0 Å². The summed E-state index contributed by atoms with van der Waals surface area (Å²) in [6.07, 6.45) is 0. The number of fused-ring (bicyclic) bond motifs is 7. The minimum Gasteiger partial charge on any atom is -0.454 e. The van der Waals surface area contributed by atoms with Crippen LogP contribution in [0.15, 0.2) is 241 Å². The maximum absolute atomic E-state index is 17.6. The second-order valence-corrected chi connectivity index (χ2v) is 18.6. The highest BCUT2D eigenvalue weighted by Crippen LogP contribution is 2.53. The number of benzene rings is 11. The van der Waals surface area contributed by atoms with Crippen LogP contribution in [0.1, 0.15) is 25.0 Å². The number of furan rings is 1. The second kappa shape index (κ2) is 16.0. The molecule has 0 spiro atoms. The molecule has 1 heterocycles. The Morgan fingerprint density at radius 2 is 0.971 bits per heavy atom. The van der Waals surface area contributed by atoms with E-state index < -0.39 is 5.41 Å². The van der Waals surface area contributed by atoms with Crippen molar-refractivity contribution in [2.45, 2.75) is 19.3 Å². The summed E-state index contributed by atoms with van der Waals surface area (Å²) < 4.78 is 24.2. The average Bonchev–Trinajstić information content (AvgIpc) is 3.79. The van der Waals surface area contributed by atoms with Crippen molar-refractivity contribution in [3.8, 4) is 33.4 Å². The highest BCUT2D eigenvalue weighted by Gasteiger charge is 2.35. The van der Waals surface area contributed by atoms with Gasteiger partial charge < -0.3 is 14.2 Å². The zero-order valence-corrected chi connectivity index (χ0v) is 38.2. The molecule has 1 aromatic heterocycles. The van der Waals surface area contributed by atoms with Crippen LogP contribution in [0.3, 0.4) is 0 Å². The van der Waals surface area contributed by atoms with Gasteiger partial charge in [-0.3, -0.25) is 0 Å². The first-order valence-electron chi connectivity index (χ1n) is 23.6. The molecule has 0 saturated heterocycles. The van der Waals surface area contributed by atoms with Gasteiger partial charge in [0.1, 0.15) is 5.58 Å². The molecule has 0 saturated carbocycles. The molecule has 1 aliphatic carbocycles. The Kier molecular flexibility index (Phi) is 9.38. The van der Waals surface area contributed by atoms with E-state index >= 15 is 4.39 Å². The Morgan fingerprint density at radius 3 is 1.71 bits per heavy atom. The molecule has 0 bridgehead atoms. The average molecular weight is 889 g/mol. The molecule has 0 atom stereocenters. The molecule has 3 nitrogen and oxygen atoms in total. The van der Waals surface area contributed by atoms with Crippen molar-refractivity contribution in [3.63, 3.8) is 0 Å². The first-order valence-corrected chi connectivity index (χ1v) is 23.6. The van der Waals surface area contributed by atoms with Gasteiger partial charge in [-0.25, -0.2) is 4.39 Å². The van der Waals surface area contributed by atoms with E-state index in [1.165, 1.54) is 38.4 Å². The van der Waals surface area contributed by atoms with Gasteiger partial charge in [-0.1, -0.05) is 172 Å². The number of hydrogen-bond acceptors (Lipinski definition) is 3. The van der Waals surface area contributed by atoms with Crippen molar-refractivity contribution in [1.82, 2.24) is 0 Å². The molecule has 0 N–H and O–H groups in total. The van der Waals surface area contributed by atoms with Crippen LogP contribution in [0.4, 0.5) is 38.5 Å². The summed E-state index contributed by atoms with van der Waals surface area (Å²) >= 11 is 0. The predicted octanol–water partition coefficient (Wildman–Crippen LogP) is 18.6. The van der Waals surface area contributed by atoms with Crippen molar-refractivity contribution in [2.75, 3.05) is 9.80 Å². The summed E-state index contributed by atoms with van der Waals surface area (Å²) in [5.41, 5.74) is 14.8. The van der Waals surface area contributed by atoms with Crippen molar-refractivity contribution < 1.29 is 8.81 Å². The van der Waals surface area contributed by atoms with Crippen molar-refractivity contribution in [3.05, 3.63) is 254 Å². The summed E-state index contributed by atoms with van der Waals surface area (Å²) in [6.45, 7) is 4.66. The maximum Gasteiger partial charge on any atom is 0.159 e. The molecule has 0 aliphatic heterocycles. The third-order valence-electron chi connectivity index (χ3n) is 14.3. The highest BCUT2D eigenvalue weighted by molar-refractivity contribution is 6.18. The molecule has 11 aromatic carbocycles. The summed E-state index contributed by atoms with van der Waals surface area (Å²) in [5.74, 6) is -0.275. The van der Waals surface area contributed by atoms with Crippen molar-refractivity contribution in [1.29, 1.82) is 0 Å². The van der Waals surface area contributed by atoms with Gasteiger partial charge >= 0.3 is 0 Å². The Balaban J connectivity index is 0.990. The lowest BCUT2D eigenvalue weighted by Gasteiger charge is -2.37. The van der Waals surface area contributed by atoms with Crippen molar-refractivity contribution >= 4 is 77.6 Å². The standard InChI is InChI=1S/C65H45FN2O/c1-65(2)57-30-17-28-52-54-40-48(67(46-23-11-5-12-24-46)59-31-18-29-53-51-27-15-16-32-61(51)69-64(53)59)34-33-44(54)37-56(62(52)57)50-36-35-49(41-58(50)65)68(47-25-13-6-14-26-47)60-39-45(42-19-7-3-8-20-42)38-55(63(60)66)43-21-9-4-10-22-43/h3-41H,1-2H3. The van der Waals surface area contributed by atoms with Gasteiger partial charge in [0.05, 0.1) is 11.4 Å². The number of para-hydroxylation sites is 4. The molecule has 4 heteroatoms. The lowest BCUT2D eigenvalue weighted by atomic mass is 9.68. The monoisotopic (exact) mass is 888 g/mol. The maximum atomic E-state index is 17.6. The highest BCUT2D eigenvalue weighted by atomic mass is 19.1. The van der Waals surface area contributed by atoms with E-state index in [4.69, 9.17) is 4.42 Å². The van der Waals surface area contributed by atoms with E-state index in [0.717, 1.165) is 72.5 Å². The van der Waals surface area contributed by atoms with Crippen LogP contribution in [0.2, 0.25) is 0 Å². The molecule has 0 unspecified atom stereocenters. The third-order valence-corrected chi connectivity index (χ3v) is 14.3. The minimum atomic E-state index is -0.405. The summed E-state index contributed by atoms with van der Waals surface area (Å²) in [7, 11) is 0. The van der Waals surface area contributed by atoms with Crippen LogP contribution in [0.25, 0.3) is 76.9 Å². The number of anilines is 6. The minimum absolute atomic E-state index is 0.275. The van der Waals surface area contributed by atoms with E-state index in [2.05, 4.69) is 169 Å². The van der Waals surface area contributed by atoms with Gasteiger partial charge in [-0.2, -0.15) is 0 Å². The SMILES string of the molecule is CC1(C)c2cc(N(c3ccccc3)c3cc(-c4ccccc4)cc(-c4ccccc4)c3F)ccc2-c2cc3ccc(N(c4ccccc4)c4cccc5c4oc4ccccc45)cc3c3cccc1c23. The van der Waals surface area contributed by atoms with Gasteiger partial charge in [0.25, 0.3) is 0 Å². The molecule has 12 aromatic rings. The van der Waals surface area contributed by atoms with Crippen LogP contribution in [0, 0.1) is 5.82 Å². The molecular formula is C65H45FN2O. The van der Waals surface area contributed by atoms with Gasteiger partial charge in [0, 0.05) is 44.5 Å². The Labute approximate surface area is 400 Å². The van der Waals surface area contributed by atoms with Crippen LogP contribution >= 0.6 is 0 Å². The molecule has 0 amide bonds. The molecule has 69 heavy (non-hydrogen) atoms. The predicted molar refractivity (Wildman–Crippen MR) is 286 cm³/mol. The zero-order valence-electron chi connectivity index (χ0n) is 38.2. The van der Waals surface area contributed by atoms with E-state index in [1.54, 1.807) is 0 Å². The topological polar surface area (TPSA) is 19.6 Å². The first kappa shape index (κ1) is 40.5. The van der Waals surface area contributed by atoms with E-state index in [1.807, 2.05) is 91.0 Å². The summed E-state index contributed by atoms with van der Waals surface area (Å²) in [6, 6.07) is 82.2. The van der Waals surface area contributed by atoms with E-state index in [9.17, 15) is 0 Å². The quantitative estimate of drug-likeness (QED) is 0.142. The van der Waals surface area contributed by atoms with Gasteiger partial charge in [-0.05, 0) is 139 Å². The fourth-order valence-corrected chi connectivity index (χ4v) is 11.0. The summed E-state index contributed by atoms with van der Waals surface area (Å²) in [4.78, 5) is 4.41. The van der Waals surface area contributed by atoms with Gasteiger partial charge in [0.15, 0.2) is 11.4 Å². The van der Waals surface area contributed by atoms with Gasteiger partial charge in [0.2, 0.25) is 0 Å². The van der Waals surface area contributed by atoms with E-state index in [-0.39, 0.29) is 5.82 Å². The number of halogens is 1. The van der Waals surface area contributed by atoms with Crippen LogP contribution in [-0.2, 0) is 5.41 Å². The fourth-order valence-electron chi connectivity index (χ4n) is 11.0. The normalized spacial score (nSPS) is 12.7. The Morgan fingerprint density at radius 1 is 0.377 bits per heavy atom. The second-order valence-electron chi connectivity index (χ2n) is 18.6. The molecule has 0 radical (unpaired) electrons. The lowest BCUT2D eigenvalue weighted by Crippen LogP contribution is -2.24.